The number of amides is 1. The van der Waals surface area contributed by atoms with Crippen molar-refractivity contribution in [3.05, 3.63) is 48.8 Å². The largest absolute Gasteiger partial charge is 0.446 e. The van der Waals surface area contributed by atoms with Crippen molar-refractivity contribution in [3.63, 3.8) is 0 Å². The lowest BCUT2D eigenvalue weighted by molar-refractivity contribution is -0.137. The molecule has 1 fully saturated rings. The topological polar surface area (TPSA) is 138 Å². The summed E-state index contributed by atoms with van der Waals surface area (Å²) in [5.41, 5.74) is -0.793. The monoisotopic (exact) mass is 578 g/mol. The first-order valence-electron chi connectivity index (χ1n) is 12.4. The molecular formula is C24H23F5N10O2. The van der Waals surface area contributed by atoms with Gasteiger partial charge in [0.15, 0.2) is 5.82 Å². The van der Waals surface area contributed by atoms with E-state index in [9.17, 15) is 26.7 Å². The van der Waals surface area contributed by atoms with Crippen molar-refractivity contribution in [1.82, 2.24) is 39.5 Å². The summed E-state index contributed by atoms with van der Waals surface area (Å²) in [6, 6.07) is 0.814. The van der Waals surface area contributed by atoms with Crippen molar-refractivity contribution in [2.45, 2.75) is 50.6 Å². The van der Waals surface area contributed by atoms with Gasteiger partial charge in [0.05, 0.1) is 24.3 Å². The molecule has 5 rings (SSSR count). The lowest BCUT2D eigenvalue weighted by atomic mass is 9.93. The van der Waals surface area contributed by atoms with E-state index in [0.717, 1.165) is 17.8 Å². The van der Waals surface area contributed by atoms with E-state index >= 15 is 0 Å². The third-order valence-corrected chi connectivity index (χ3v) is 6.31. The van der Waals surface area contributed by atoms with Crippen LogP contribution in [-0.2, 0) is 18.0 Å². The Kier molecular flexibility index (Phi) is 7.76. The molecule has 0 aromatic carbocycles. The third-order valence-electron chi connectivity index (χ3n) is 6.31. The number of alkyl halides is 5. The maximum Gasteiger partial charge on any atom is 0.420 e. The van der Waals surface area contributed by atoms with E-state index in [1.54, 1.807) is 24.1 Å². The van der Waals surface area contributed by atoms with E-state index in [4.69, 9.17) is 4.74 Å². The zero-order valence-electron chi connectivity index (χ0n) is 21.4. The van der Waals surface area contributed by atoms with Crippen molar-refractivity contribution in [3.8, 4) is 22.6 Å². The Balaban J connectivity index is 1.15. The van der Waals surface area contributed by atoms with Crippen LogP contribution in [0.2, 0.25) is 0 Å². The number of carbonyl (C=O) groups is 1. The summed E-state index contributed by atoms with van der Waals surface area (Å²) in [5, 5.41) is 13.1. The third kappa shape index (κ3) is 6.72. The van der Waals surface area contributed by atoms with Crippen molar-refractivity contribution in [2.24, 2.45) is 7.05 Å². The second kappa shape index (κ2) is 11.4. The minimum absolute atomic E-state index is 0.102. The molecule has 4 aromatic rings. The fraction of sp³-hybridized carbons (Fsp3) is 0.375. The van der Waals surface area contributed by atoms with Crippen LogP contribution in [0, 0.1) is 0 Å². The van der Waals surface area contributed by atoms with Gasteiger partial charge in [-0.25, -0.2) is 24.4 Å². The number of hydrogen-bond acceptors (Lipinski definition) is 9. The number of aryl methyl sites for hydroxylation is 1. The molecule has 1 amide bonds. The van der Waals surface area contributed by atoms with E-state index < -0.39 is 36.2 Å². The van der Waals surface area contributed by atoms with Gasteiger partial charge in [0.25, 0.3) is 0 Å². The Morgan fingerprint density at radius 3 is 2.44 bits per heavy atom. The van der Waals surface area contributed by atoms with Gasteiger partial charge in [-0.2, -0.15) is 32.1 Å². The van der Waals surface area contributed by atoms with E-state index in [1.807, 2.05) is 0 Å². The number of aromatic nitrogens is 8. The number of carbonyl (C=O) groups excluding carboxylic acids is 1. The first-order chi connectivity index (χ1) is 19.5. The maximum absolute atomic E-state index is 13.5. The van der Waals surface area contributed by atoms with Crippen LogP contribution in [0.15, 0.2) is 43.2 Å². The standard InChI is InChI=1S/C24H23F5N10O2/c1-38-12-13(8-33-38)18-10-31-19(11-30-18)35-23(40)41-15-4-2-14(3-5-15)34-22-32-9-16(24(27,28)29)20(36-22)17-6-7-39(37-17)21(25)26/h6-12,14-15,21H,2-5H2,1H3,(H,31,35,40)(H,32,34,36)/t14-,15-. The molecule has 0 radical (unpaired) electrons. The van der Waals surface area contributed by atoms with Gasteiger partial charge in [-0.15, -0.1) is 0 Å². The normalized spacial score (nSPS) is 17.4. The quantitative estimate of drug-likeness (QED) is 0.293. The summed E-state index contributed by atoms with van der Waals surface area (Å²) in [4.78, 5) is 28.5. The van der Waals surface area contributed by atoms with Gasteiger partial charge in [0, 0.05) is 37.2 Å². The number of ether oxygens (including phenoxy) is 1. The summed E-state index contributed by atoms with van der Waals surface area (Å²) in [6.45, 7) is -3.01. The Labute approximate surface area is 229 Å². The fourth-order valence-electron chi connectivity index (χ4n) is 4.32. The molecule has 0 bridgehead atoms. The SMILES string of the molecule is Cn1cc(-c2cnc(NC(=O)O[C@H]3CC[C@H](Nc4ncc(C(F)(F)F)c(-c5ccn(C(F)F)n5)n4)CC3)cn2)cn1. The summed E-state index contributed by atoms with van der Waals surface area (Å²) in [6.07, 6.45) is 3.87. The molecular weight excluding hydrogens is 555 g/mol. The zero-order valence-corrected chi connectivity index (χ0v) is 21.4. The predicted octanol–water partition coefficient (Wildman–Crippen LogP) is 4.92. The Hall–Kier alpha value is -4.70. The van der Waals surface area contributed by atoms with E-state index in [0.29, 0.717) is 37.6 Å². The summed E-state index contributed by atoms with van der Waals surface area (Å²) >= 11 is 0. The fourth-order valence-corrected chi connectivity index (χ4v) is 4.32. The van der Waals surface area contributed by atoms with Crippen LogP contribution in [0.25, 0.3) is 22.6 Å². The highest BCUT2D eigenvalue weighted by molar-refractivity contribution is 5.83. The first-order valence-corrected chi connectivity index (χ1v) is 12.4. The van der Waals surface area contributed by atoms with Gasteiger partial charge in [-0.1, -0.05) is 0 Å². The minimum atomic E-state index is -4.81. The van der Waals surface area contributed by atoms with Crippen LogP contribution in [0.3, 0.4) is 0 Å². The van der Waals surface area contributed by atoms with Crippen LogP contribution < -0.4 is 10.6 Å². The highest BCUT2D eigenvalue weighted by atomic mass is 19.4. The van der Waals surface area contributed by atoms with Crippen molar-refractivity contribution < 1.29 is 31.5 Å². The van der Waals surface area contributed by atoms with Gasteiger partial charge in [-0.3, -0.25) is 15.0 Å². The van der Waals surface area contributed by atoms with E-state index in [-0.39, 0.29) is 28.2 Å². The molecule has 0 atom stereocenters. The predicted molar refractivity (Wildman–Crippen MR) is 134 cm³/mol. The molecule has 4 aromatic heterocycles. The molecule has 41 heavy (non-hydrogen) atoms. The van der Waals surface area contributed by atoms with Gasteiger partial charge in [-0.05, 0) is 31.7 Å². The van der Waals surface area contributed by atoms with Crippen LogP contribution in [0.4, 0.5) is 38.5 Å². The summed E-state index contributed by atoms with van der Waals surface area (Å²) in [7, 11) is 1.78. The van der Waals surface area contributed by atoms with Crippen molar-refractivity contribution >= 4 is 17.9 Å². The average molecular weight is 579 g/mol. The van der Waals surface area contributed by atoms with Gasteiger partial charge in [0.2, 0.25) is 5.95 Å². The van der Waals surface area contributed by atoms with Gasteiger partial charge < -0.3 is 10.1 Å². The molecule has 0 saturated heterocycles. The van der Waals surface area contributed by atoms with E-state index in [1.165, 1.54) is 12.4 Å². The number of nitrogens with one attached hydrogen (secondary N) is 2. The highest BCUT2D eigenvalue weighted by Crippen LogP contribution is 2.36. The maximum atomic E-state index is 13.5. The number of nitrogens with zero attached hydrogens (tertiary/aromatic N) is 8. The zero-order chi connectivity index (χ0) is 29.1. The number of hydrogen-bond donors (Lipinski definition) is 2. The lowest BCUT2D eigenvalue weighted by Crippen LogP contribution is -2.32. The summed E-state index contributed by atoms with van der Waals surface area (Å²) in [5.74, 6) is 0.113. The molecule has 4 heterocycles. The van der Waals surface area contributed by atoms with Gasteiger partial charge in [0.1, 0.15) is 23.1 Å². The number of halogens is 5. The molecule has 0 unspecified atom stereocenters. The molecule has 17 heteroatoms. The van der Waals surface area contributed by atoms with E-state index in [2.05, 4.69) is 40.8 Å². The molecule has 12 nitrogen and oxygen atoms in total. The second-order valence-electron chi connectivity index (χ2n) is 9.25. The Morgan fingerprint density at radius 1 is 1.05 bits per heavy atom. The minimum Gasteiger partial charge on any atom is -0.446 e. The second-order valence-corrected chi connectivity index (χ2v) is 9.25. The van der Waals surface area contributed by atoms with Crippen LogP contribution in [-0.4, -0.2) is 57.7 Å². The first kappa shape index (κ1) is 27.9. The lowest BCUT2D eigenvalue weighted by Gasteiger charge is -2.29. The Morgan fingerprint density at radius 2 is 1.83 bits per heavy atom. The number of rotatable bonds is 7. The van der Waals surface area contributed by atoms with Crippen LogP contribution >= 0.6 is 0 Å². The average Bonchev–Trinajstić information content (AvgIpc) is 3.59. The number of anilines is 2. The summed E-state index contributed by atoms with van der Waals surface area (Å²) < 4.78 is 73.7. The molecule has 0 aliphatic heterocycles. The molecule has 1 aliphatic rings. The van der Waals surface area contributed by atoms with Crippen LogP contribution in [0.5, 0.6) is 0 Å². The molecule has 1 saturated carbocycles. The highest BCUT2D eigenvalue weighted by Gasteiger charge is 2.36. The van der Waals surface area contributed by atoms with Crippen molar-refractivity contribution in [2.75, 3.05) is 10.6 Å². The molecule has 2 N–H and O–H groups in total. The Bertz CT molecular complexity index is 1500. The molecule has 0 spiro atoms. The van der Waals surface area contributed by atoms with Gasteiger partial charge >= 0.3 is 18.8 Å². The smallest absolute Gasteiger partial charge is 0.420 e. The molecule has 216 valence electrons. The van der Waals surface area contributed by atoms with Crippen LogP contribution in [0.1, 0.15) is 37.8 Å². The molecule has 1 aliphatic carbocycles. The van der Waals surface area contributed by atoms with Crippen molar-refractivity contribution in [1.29, 1.82) is 0 Å².